The van der Waals surface area contributed by atoms with Crippen LogP contribution in [0.25, 0.3) is 0 Å². The fraction of sp³-hybridized carbons (Fsp3) is 0.727. The number of allylic oxidation sites excluding steroid dienone is 1. The van der Waals surface area contributed by atoms with Gasteiger partial charge in [0.05, 0.1) is 0 Å². The highest BCUT2D eigenvalue weighted by molar-refractivity contribution is 6.64. The van der Waals surface area contributed by atoms with E-state index in [1.807, 2.05) is 6.08 Å². The van der Waals surface area contributed by atoms with Crippen molar-refractivity contribution in [1.29, 1.82) is 0 Å². The number of hydrogen-bond acceptors (Lipinski definition) is 2. The van der Waals surface area contributed by atoms with Gasteiger partial charge in [0.15, 0.2) is 0 Å². The van der Waals surface area contributed by atoms with Gasteiger partial charge in [-0.15, -0.1) is 6.58 Å². The van der Waals surface area contributed by atoms with Gasteiger partial charge in [-0.05, 0) is 37.8 Å². The molecule has 0 bridgehead atoms. The number of rotatable bonds is 9. The molecule has 0 aromatic rings. The van der Waals surface area contributed by atoms with E-state index in [1.54, 1.807) is 6.92 Å². The van der Waals surface area contributed by atoms with Gasteiger partial charge in [0, 0.05) is 6.61 Å². The maximum Gasteiger partial charge on any atom is 0.250 e. The molecule has 0 rings (SSSR count). The van der Waals surface area contributed by atoms with Crippen molar-refractivity contribution < 1.29 is 9.53 Å². The van der Waals surface area contributed by atoms with Gasteiger partial charge in [-0.2, -0.15) is 0 Å². The number of carbonyl (C=O) groups is 1. The molecule has 82 valence electrons. The van der Waals surface area contributed by atoms with E-state index in [2.05, 4.69) is 6.58 Å². The van der Waals surface area contributed by atoms with Crippen LogP contribution >= 0.6 is 11.6 Å². The number of hydrogen-bond donors (Lipinski definition) is 0. The lowest BCUT2D eigenvalue weighted by Gasteiger charge is -2.07. The summed E-state index contributed by atoms with van der Waals surface area (Å²) in [6, 6.07) is 0. The highest BCUT2D eigenvalue weighted by atomic mass is 35.5. The molecule has 0 spiro atoms. The smallest absolute Gasteiger partial charge is 0.250 e. The molecule has 0 aromatic carbocycles. The standard InChI is InChI=1S/C11H19ClO2/c1-3-4-5-6-7-8-9-14-10(2)11(12)13/h3,10H,1,4-9H2,2H3/t10-/m1/s1. The van der Waals surface area contributed by atoms with Gasteiger partial charge in [-0.25, -0.2) is 0 Å². The summed E-state index contributed by atoms with van der Waals surface area (Å²) < 4.78 is 5.21. The number of halogens is 1. The predicted octanol–water partition coefficient (Wildman–Crippen LogP) is 3.29. The van der Waals surface area contributed by atoms with Crippen LogP contribution in [0.2, 0.25) is 0 Å². The Kier molecular flexibility index (Phi) is 9.00. The maximum atomic E-state index is 10.6. The molecular formula is C11H19ClO2. The van der Waals surface area contributed by atoms with Crippen molar-refractivity contribution in [3.05, 3.63) is 12.7 Å². The summed E-state index contributed by atoms with van der Waals surface area (Å²) in [7, 11) is 0. The van der Waals surface area contributed by atoms with Gasteiger partial charge in [-0.1, -0.05) is 18.9 Å². The topological polar surface area (TPSA) is 26.3 Å². The molecule has 3 heteroatoms. The summed E-state index contributed by atoms with van der Waals surface area (Å²) in [4.78, 5) is 10.6. The van der Waals surface area contributed by atoms with Crippen molar-refractivity contribution in [3.8, 4) is 0 Å². The van der Waals surface area contributed by atoms with Gasteiger partial charge in [-0.3, -0.25) is 4.79 Å². The first-order chi connectivity index (χ1) is 6.68. The molecular weight excluding hydrogens is 200 g/mol. The van der Waals surface area contributed by atoms with Crippen molar-refractivity contribution in [1.82, 2.24) is 0 Å². The molecule has 0 heterocycles. The minimum absolute atomic E-state index is 0.420. The quantitative estimate of drug-likeness (QED) is 0.337. The predicted molar refractivity (Wildman–Crippen MR) is 59.6 cm³/mol. The average Bonchev–Trinajstić information content (AvgIpc) is 2.16. The fourth-order valence-corrected chi connectivity index (χ4v) is 1.13. The average molecular weight is 219 g/mol. The van der Waals surface area contributed by atoms with Crippen molar-refractivity contribution in [3.63, 3.8) is 0 Å². The zero-order chi connectivity index (χ0) is 10.8. The zero-order valence-electron chi connectivity index (χ0n) is 8.80. The normalized spacial score (nSPS) is 12.4. The molecule has 2 nitrogen and oxygen atoms in total. The Bertz CT molecular complexity index is 169. The van der Waals surface area contributed by atoms with Gasteiger partial charge in [0.2, 0.25) is 5.24 Å². The van der Waals surface area contributed by atoms with Crippen LogP contribution in [-0.2, 0) is 9.53 Å². The van der Waals surface area contributed by atoms with Gasteiger partial charge < -0.3 is 4.74 Å². The summed E-state index contributed by atoms with van der Waals surface area (Å²) in [5, 5.41) is -0.420. The lowest BCUT2D eigenvalue weighted by Crippen LogP contribution is -2.16. The molecule has 0 saturated carbocycles. The molecule has 0 unspecified atom stereocenters. The van der Waals surface area contributed by atoms with Gasteiger partial charge >= 0.3 is 0 Å². The van der Waals surface area contributed by atoms with Crippen LogP contribution in [0.3, 0.4) is 0 Å². The summed E-state index contributed by atoms with van der Waals surface area (Å²) in [6.07, 6.45) is 7.06. The first-order valence-electron chi connectivity index (χ1n) is 5.10. The van der Waals surface area contributed by atoms with Crippen molar-refractivity contribution in [2.24, 2.45) is 0 Å². The second-order valence-corrected chi connectivity index (χ2v) is 3.68. The lowest BCUT2D eigenvalue weighted by atomic mass is 10.1. The Labute approximate surface area is 91.3 Å². The van der Waals surface area contributed by atoms with Crippen LogP contribution in [0, 0.1) is 0 Å². The molecule has 0 aromatic heterocycles. The highest BCUT2D eigenvalue weighted by Gasteiger charge is 2.08. The monoisotopic (exact) mass is 218 g/mol. The van der Waals surface area contributed by atoms with Crippen molar-refractivity contribution in [2.45, 2.75) is 45.1 Å². The van der Waals surface area contributed by atoms with Crippen LogP contribution in [0.4, 0.5) is 0 Å². The second-order valence-electron chi connectivity index (χ2n) is 3.31. The summed E-state index contributed by atoms with van der Waals surface area (Å²) >= 11 is 5.23. The van der Waals surface area contributed by atoms with E-state index in [4.69, 9.17) is 16.3 Å². The molecule has 0 N–H and O–H groups in total. The van der Waals surface area contributed by atoms with Gasteiger partial charge in [0.25, 0.3) is 0 Å². The molecule has 0 radical (unpaired) electrons. The minimum atomic E-state index is -0.468. The van der Waals surface area contributed by atoms with E-state index in [-0.39, 0.29) is 0 Å². The summed E-state index contributed by atoms with van der Waals surface area (Å²) in [6.45, 7) is 5.95. The number of ether oxygens (including phenoxy) is 1. The molecule has 0 amide bonds. The van der Waals surface area contributed by atoms with E-state index < -0.39 is 11.3 Å². The molecule has 14 heavy (non-hydrogen) atoms. The summed E-state index contributed by atoms with van der Waals surface area (Å²) in [5.74, 6) is 0. The Hall–Kier alpha value is -0.340. The van der Waals surface area contributed by atoms with Crippen LogP contribution in [-0.4, -0.2) is 18.0 Å². The third-order valence-electron chi connectivity index (χ3n) is 1.99. The maximum absolute atomic E-state index is 10.6. The third-order valence-corrected chi connectivity index (χ3v) is 2.30. The number of carbonyl (C=O) groups excluding carboxylic acids is 1. The van der Waals surface area contributed by atoms with Crippen LogP contribution in [0.15, 0.2) is 12.7 Å². The van der Waals surface area contributed by atoms with E-state index >= 15 is 0 Å². The van der Waals surface area contributed by atoms with Crippen LogP contribution in [0.5, 0.6) is 0 Å². The molecule has 0 fully saturated rings. The largest absolute Gasteiger partial charge is 0.369 e. The Balaban J connectivity index is 3.13. The van der Waals surface area contributed by atoms with E-state index in [9.17, 15) is 4.79 Å². The third kappa shape index (κ3) is 8.27. The first-order valence-corrected chi connectivity index (χ1v) is 5.48. The SMILES string of the molecule is C=CCCCCCCO[C@H](C)C(=O)Cl. The molecule has 0 aliphatic rings. The minimum Gasteiger partial charge on any atom is -0.369 e. The van der Waals surface area contributed by atoms with E-state index in [0.29, 0.717) is 6.61 Å². The van der Waals surface area contributed by atoms with Crippen LogP contribution in [0.1, 0.15) is 39.0 Å². The lowest BCUT2D eigenvalue weighted by molar-refractivity contribution is -0.121. The Morgan fingerprint density at radius 3 is 2.64 bits per heavy atom. The van der Waals surface area contributed by atoms with Crippen LogP contribution < -0.4 is 0 Å². The van der Waals surface area contributed by atoms with Crippen molar-refractivity contribution >= 4 is 16.8 Å². The fourth-order valence-electron chi connectivity index (χ4n) is 1.07. The molecule has 1 atom stereocenters. The Morgan fingerprint density at radius 2 is 2.07 bits per heavy atom. The van der Waals surface area contributed by atoms with E-state index in [1.165, 1.54) is 12.8 Å². The van der Waals surface area contributed by atoms with Crippen molar-refractivity contribution in [2.75, 3.05) is 6.61 Å². The van der Waals surface area contributed by atoms with E-state index in [0.717, 1.165) is 19.3 Å². The highest BCUT2D eigenvalue weighted by Crippen LogP contribution is 2.05. The van der Waals surface area contributed by atoms with Gasteiger partial charge in [0.1, 0.15) is 6.10 Å². The zero-order valence-corrected chi connectivity index (χ0v) is 9.55. The molecule has 0 aliphatic carbocycles. The summed E-state index contributed by atoms with van der Waals surface area (Å²) in [5.41, 5.74) is 0. The first kappa shape index (κ1) is 13.7. The Morgan fingerprint density at radius 1 is 1.43 bits per heavy atom. The molecule has 0 saturated heterocycles. The number of unbranched alkanes of at least 4 members (excludes halogenated alkanes) is 4. The second kappa shape index (κ2) is 9.22. The molecule has 0 aliphatic heterocycles.